The first kappa shape index (κ1) is 21.5. The summed E-state index contributed by atoms with van der Waals surface area (Å²) in [5.74, 6) is -1.42. The van der Waals surface area contributed by atoms with Crippen molar-refractivity contribution in [3.63, 3.8) is 0 Å². The number of carbonyl (C=O) groups excluding carboxylic acids is 2. The molecule has 4 aliphatic heterocycles. The van der Waals surface area contributed by atoms with Crippen LogP contribution in [0.3, 0.4) is 0 Å². The van der Waals surface area contributed by atoms with Gasteiger partial charge in [0.05, 0.1) is 13.2 Å². The minimum absolute atomic E-state index is 0.127. The molecule has 0 aliphatic carbocycles. The maximum absolute atomic E-state index is 11.2. The number of hydrogen-bond donors (Lipinski definition) is 0. The summed E-state index contributed by atoms with van der Waals surface area (Å²) in [6.45, 7) is 15.9. The Morgan fingerprint density at radius 1 is 0.643 bits per heavy atom. The number of carbonyl (C=O) groups is 2. The van der Waals surface area contributed by atoms with E-state index in [-0.39, 0.29) is 36.4 Å². The molecule has 0 aromatic rings. The molecular weight excluding hydrogens is 368 g/mol. The largest absolute Gasteiger partial charge is 0.458 e. The van der Waals surface area contributed by atoms with Gasteiger partial charge in [-0.15, -0.1) is 0 Å². The smallest absolute Gasteiger partial charge is 0.315 e. The summed E-state index contributed by atoms with van der Waals surface area (Å²) in [6.07, 6.45) is -0.594. The SMILES string of the molecule is CC1(C)OC[C@H]([C@H]2OC(=O)C2(C)C)O1.CC1(C)OC[C@H]([C@H]2OC(=O)C2(C)C)O1. The van der Waals surface area contributed by atoms with Gasteiger partial charge in [0.15, 0.2) is 11.6 Å². The molecule has 0 unspecified atom stereocenters. The lowest BCUT2D eigenvalue weighted by Gasteiger charge is -2.44. The molecule has 8 heteroatoms. The van der Waals surface area contributed by atoms with Gasteiger partial charge in [-0.05, 0) is 55.4 Å². The second kappa shape index (κ2) is 6.65. The predicted octanol–water partition coefficient (Wildman–Crippen LogP) is 2.18. The molecule has 0 saturated carbocycles. The van der Waals surface area contributed by atoms with Crippen molar-refractivity contribution in [2.45, 2.75) is 91.4 Å². The van der Waals surface area contributed by atoms with E-state index in [1.165, 1.54) is 0 Å². The van der Waals surface area contributed by atoms with Gasteiger partial charge in [0.25, 0.3) is 0 Å². The van der Waals surface area contributed by atoms with Crippen LogP contribution in [0.2, 0.25) is 0 Å². The summed E-state index contributed by atoms with van der Waals surface area (Å²) in [5.41, 5.74) is -0.872. The van der Waals surface area contributed by atoms with Crippen molar-refractivity contribution in [1.82, 2.24) is 0 Å². The fourth-order valence-corrected chi connectivity index (χ4v) is 3.76. The Hall–Kier alpha value is -1.22. The Kier molecular flexibility index (Phi) is 5.11. The van der Waals surface area contributed by atoms with Crippen molar-refractivity contribution in [3.05, 3.63) is 0 Å². The molecule has 160 valence electrons. The van der Waals surface area contributed by atoms with Gasteiger partial charge in [-0.1, -0.05) is 0 Å². The molecule has 4 rings (SSSR count). The molecule has 0 spiro atoms. The maximum Gasteiger partial charge on any atom is 0.315 e. The standard InChI is InChI=1S/2C10H16O4/c2*1-9(2)7(13-8(9)11)6-5-12-10(3,4)14-6/h2*6-7H,5H2,1-4H3/t2*6-,7-/m11/s1. The Bertz CT molecular complexity index is 595. The maximum atomic E-state index is 11.2. The van der Waals surface area contributed by atoms with Gasteiger partial charge in [0.2, 0.25) is 0 Å². The van der Waals surface area contributed by atoms with Crippen molar-refractivity contribution < 1.29 is 38.0 Å². The van der Waals surface area contributed by atoms with Crippen molar-refractivity contribution in [1.29, 1.82) is 0 Å². The van der Waals surface area contributed by atoms with Crippen LogP contribution in [0.15, 0.2) is 0 Å². The van der Waals surface area contributed by atoms with E-state index in [0.29, 0.717) is 13.2 Å². The first-order valence-electron chi connectivity index (χ1n) is 9.71. The molecule has 0 amide bonds. The van der Waals surface area contributed by atoms with Gasteiger partial charge in [-0.2, -0.15) is 0 Å². The Balaban J connectivity index is 0.000000161. The van der Waals surface area contributed by atoms with Crippen LogP contribution in [0.5, 0.6) is 0 Å². The Morgan fingerprint density at radius 2 is 0.964 bits per heavy atom. The highest BCUT2D eigenvalue weighted by molar-refractivity contribution is 5.82. The van der Waals surface area contributed by atoms with Gasteiger partial charge in [-0.25, -0.2) is 0 Å². The van der Waals surface area contributed by atoms with E-state index >= 15 is 0 Å². The van der Waals surface area contributed by atoms with Gasteiger partial charge < -0.3 is 28.4 Å². The highest BCUT2D eigenvalue weighted by Crippen LogP contribution is 2.42. The molecule has 0 N–H and O–H groups in total. The first-order chi connectivity index (χ1) is 12.7. The zero-order valence-electron chi connectivity index (χ0n) is 18.0. The predicted molar refractivity (Wildman–Crippen MR) is 97.1 cm³/mol. The highest BCUT2D eigenvalue weighted by Gasteiger charge is 2.58. The second-order valence-corrected chi connectivity index (χ2v) is 9.83. The number of ether oxygens (including phenoxy) is 6. The topological polar surface area (TPSA) is 89.5 Å². The van der Waals surface area contributed by atoms with E-state index in [1.54, 1.807) is 0 Å². The fraction of sp³-hybridized carbons (Fsp3) is 0.900. The van der Waals surface area contributed by atoms with Crippen molar-refractivity contribution in [3.8, 4) is 0 Å². The molecule has 4 saturated heterocycles. The van der Waals surface area contributed by atoms with E-state index in [4.69, 9.17) is 28.4 Å². The molecule has 4 atom stereocenters. The van der Waals surface area contributed by atoms with Crippen molar-refractivity contribution >= 4 is 11.9 Å². The van der Waals surface area contributed by atoms with E-state index in [1.807, 2.05) is 55.4 Å². The summed E-state index contributed by atoms with van der Waals surface area (Å²) >= 11 is 0. The molecule has 4 fully saturated rings. The molecule has 0 aromatic carbocycles. The monoisotopic (exact) mass is 400 g/mol. The van der Waals surface area contributed by atoms with Gasteiger partial charge in [0, 0.05) is 0 Å². The summed E-state index contributed by atoms with van der Waals surface area (Å²) in [5, 5.41) is 0. The van der Waals surface area contributed by atoms with Crippen molar-refractivity contribution in [2.75, 3.05) is 13.2 Å². The molecule has 0 radical (unpaired) electrons. The van der Waals surface area contributed by atoms with E-state index < -0.39 is 22.4 Å². The summed E-state index contributed by atoms with van der Waals surface area (Å²) in [7, 11) is 0. The minimum atomic E-state index is -0.553. The van der Waals surface area contributed by atoms with Crippen LogP contribution in [-0.4, -0.2) is 61.1 Å². The number of esters is 2. The summed E-state index contributed by atoms with van der Waals surface area (Å²) in [4.78, 5) is 22.3. The normalized spacial score (nSPS) is 39.0. The molecule has 0 aromatic heterocycles. The third-order valence-corrected chi connectivity index (χ3v) is 5.68. The highest BCUT2D eigenvalue weighted by atomic mass is 16.8. The summed E-state index contributed by atoms with van der Waals surface area (Å²) in [6, 6.07) is 0. The quantitative estimate of drug-likeness (QED) is 0.652. The third kappa shape index (κ3) is 3.79. The zero-order valence-corrected chi connectivity index (χ0v) is 18.0. The average molecular weight is 400 g/mol. The lowest BCUT2D eigenvalue weighted by atomic mass is 9.79. The van der Waals surface area contributed by atoms with Gasteiger partial charge in [0.1, 0.15) is 35.2 Å². The molecular formula is C20H32O8. The second-order valence-electron chi connectivity index (χ2n) is 9.83. The van der Waals surface area contributed by atoms with Gasteiger partial charge in [-0.3, -0.25) is 9.59 Å². The Morgan fingerprint density at radius 3 is 1.14 bits per heavy atom. The van der Waals surface area contributed by atoms with Crippen LogP contribution < -0.4 is 0 Å². The molecule has 4 aliphatic rings. The van der Waals surface area contributed by atoms with Crippen molar-refractivity contribution in [2.24, 2.45) is 10.8 Å². The number of cyclic esters (lactones) is 2. The molecule has 0 bridgehead atoms. The minimum Gasteiger partial charge on any atom is -0.458 e. The average Bonchev–Trinajstić information content (AvgIpc) is 3.11. The van der Waals surface area contributed by atoms with Crippen LogP contribution >= 0.6 is 0 Å². The zero-order chi connectivity index (χ0) is 21.1. The van der Waals surface area contributed by atoms with Crippen LogP contribution in [0.25, 0.3) is 0 Å². The van der Waals surface area contributed by atoms with Crippen LogP contribution in [0.1, 0.15) is 55.4 Å². The fourth-order valence-electron chi connectivity index (χ4n) is 3.76. The van der Waals surface area contributed by atoms with Gasteiger partial charge >= 0.3 is 11.9 Å². The van der Waals surface area contributed by atoms with E-state index in [2.05, 4.69) is 0 Å². The molecule has 4 heterocycles. The molecule has 8 nitrogen and oxygen atoms in total. The van der Waals surface area contributed by atoms with E-state index in [9.17, 15) is 9.59 Å². The lowest BCUT2D eigenvalue weighted by molar-refractivity contribution is -0.227. The lowest BCUT2D eigenvalue weighted by Crippen LogP contribution is -2.59. The Labute approximate surface area is 166 Å². The summed E-state index contributed by atoms with van der Waals surface area (Å²) < 4.78 is 32.3. The van der Waals surface area contributed by atoms with E-state index in [0.717, 1.165) is 0 Å². The van der Waals surface area contributed by atoms with Crippen LogP contribution in [-0.2, 0) is 38.0 Å². The number of hydrogen-bond acceptors (Lipinski definition) is 8. The first-order valence-corrected chi connectivity index (χ1v) is 9.71. The van der Waals surface area contributed by atoms with Crippen LogP contribution in [0.4, 0.5) is 0 Å². The third-order valence-electron chi connectivity index (χ3n) is 5.68. The molecule has 28 heavy (non-hydrogen) atoms. The van der Waals surface area contributed by atoms with Crippen LogP contribution in [0, 0.1) is 10.8 Å². The number of rotatable bonds is 2.